The first kappa shape index (κ1) is 18.8. The number of hydrogen-bond acceptors (Lipinski definition) is 5. The molecule has 0 aliphatic carbocycles. The number of rotatable bonds is 6. The summed E-state index contributed by atoms with van der Waals surface area (Å²) < 4.78 is 13.4. The number of nitrogens with zero attached hydrogens (tertiary/aromatic N) is 2. The van der Waals surface area contributed by atoms with Gasteiger partial charge in [-0.2, -0.15) is 5.10 Å². The van der Waals surface area contributed by atoms with Gasteiger partial charge in [-0.1, -0.05) is 0 Å². The number of aromatic nitrogens is 2. The third-order valence-corrected chi connectivity index (χ3v) is 5.57. The molecule has 28 heavy (non-hydrogen) atoms. The number of nitrogens with one attached hydrogen (secondary N) is 2. The number of carbonyl (C=O) groups excluding carboxylic acids is 1. The second-order valence-electron chi connectivity index (χ2n) is 7.61. The van der Waals surface area contributed by atoms with E-state index in [4.69, 9.17) is 9.47 Å². The first-order valence-electron chi connectivity index (χ1n) is 9.99. The monoisotopic (exact) mass is 384 g/mol. The Balaban J connectivity index is 1.53. The molecule has 0 radical (unpaired) electrons. The van der Waals surface area contributed by atoms with Crippen LogP contribution in [0.15, 0.2) is 24.5 Å². The molecule has 0 unspecified atom stereocenters. The summed E-state index contributed by atoms with van der Waals surface area (Å²) in [7, 11) is 1.69. The lowest BCUT2D eigenvalue weighted by atomic mass is 9.93. The topological polar surface area (TPSA) is 77.4 Å². The van der Waals surface area contributed by atoms with Gasteiger partial charge in [0.1, 0.15) is 17.6 Å². The van der Waals surface area contributed by atoms with Crippen molar-refractivity contribution < 1.29 is 14.3 Å². The average molecular weight is 384 g/mol. The molecule has 150 valence electrons. The largest absolute Gasteiger partial charge is 0.497 e. The minimum Gasteiger partial charge on any atom is -0.497 e. The van der Waals surface area contributed by atoms with Crippen molar-refractivity contribution in [1.82, 2.24) is 20.4 Å². The molecule has 2 aliphatic heterocycles. The first-order chi connectivity index (χ1) is 13.6. The molecule has 0 bridgehead atoms. The van der Waals surface area contributed by atoms with Crippen LogP contribution in [-0.4, -0.2) is 34.9 Å². The molecule has 3 heterocycles. The minimum atomic E-state index is -0.0833. The summed E-state index contributed by atoms with van der Waals surface area (Å²) in [6.45, 7) is 5.60. The predicted octanol–water partition coefficient (Wildman–Crippen LogP) is 2.34. The van der Waals surface area contributed by atoms with Gasteiger partial charge >= 0.3 is 0 Å². The van der Waals surface area contributed by atoms with Gasteiger partial charge in [0.05, 0.1) is 19.3 Å². The van der Waals surface area contributed by atoms with Crippen molar-refractivity contribution in [2.45, 2.75) is 64.4 Å². The fraction of sp³-hybridized carbons (Fsp3) is 0.524. The molecule has 1 aromatic carbocycles. The molecule has 7 heteroatoms. The molecule has 2 aromatic rings. The van der Waals surface area contributed by atoms with Gasteiger partial charge in [-0.15, -0.1) is 0 Å². The van der Waals surface area contributed by atoms with E-state index in [0.717, 1.165) is 42.0 Å². The molecule has 0 spiro atoms. The van der Waals surface area contributed by atoms with E-state index in [1.54, 1.807) is 7.11 Å². The maximum Gasteiger partial charge on any atom is 0.220 e. The number of piperidine rings is 1. The fourth-order valence-corrected chi connectivity index (χ4v) is 4.12. The highest BCUT2D eigenvalue weighted by Crippen LogP contribution is 2.36. The van der Waals surface area contributed by atoms with Gasteiger partial charge in [0.2, 0.25) is 5.91 Å². The van der Waals surface area contributed by atoms with E-state index in [-0.39, 0.29) is 24.1 Å². The number of methoxy groups -OCH3 is 1. The highest BCUT2D eigenvalue weighted by Gasteiger charge is 2.31. The second-order valence-corrected chi connectivity index (χ2v) is 7.61. The molecular weight excluding hydrogens is 356 g/mol. The maximum atomic E-state index is 12.0. The smallest absolute Gasteiger partial charge is 0.220 e. The Morgan fingerprint density at radius 3 is 3.04 bits per heavy atom. The molecule has 1 fully saturated rings. The standard InChI is InChI=1S/C21H28N4O3/c1-4-25-12-16(11-23-25)20-18(5-6-19(26)24-20)22-10-15-9-17(27-3)8-14-7-13(2)28-21(14)15/h8-9,11-13,18,20,22H,4-7,10H2,1-3H3,(H,24,26)/t13-,18+,20-/m0/s1. The molecule has 7 nitrogen and oxygen atoms in total. The minimum absolute atomic E-state index is 0.0833. The summed E-state index contributed by atoms with van der Waals surface area (Å²) in [5.74, 6) is 1.91. The summed E-state index contributed by atoms with van der Waals surface area (Å²) in [4.78, 5) is 12.0. The van der Waals surface area contributed by atoms with Gasteiger partial charge in [-0.3, -0.25) is 9.48 Å². The van der Waals surface area contributed by atoms with E-state index in [0.29, 0.717) is 13.0 Å². The van der Waals surface area contributed by atoms with Crippen molar-refractivity contribution in [3.8, 4) is 11.5 Å². The number of aryl methyl sites for hydroxylation is 1. The highest BCUT2D eigenvalue weighted by atomic mass is 16.5. The van der Waals surface area contributed by atoms with Crippen LogP contribution in [-0.2, 0) is 24.3 Å². The van der Waals surface area contributed by atoms with Crippen molar-refractivity contribution in [1.29, 1.82) is 0 Å². The zero-order valence-electron chi connectivity index (χ0n) is 16.7. The summed E-state index contributed by atoms with van der Waals surface area (Å²) in [6, 6.07) is 4.15. The van der Waals surface area contributed by atoms with E-state index in [1.165, 1.54) is 5.56 Å². The molecule has 3 atom stereocenters. The Morgan fingerprint density at radius 1 is 1.43 bits per heavy atom. The van der Waals surface area contributed by atoms with Crippen LogP contribution in [0.2, 0.25) is 0 Å². The van der Waals surface area contributed by atoms with Crippen LogP contribution in [0.3, 0.4) is 0 Å². The molecule has 1 aromatic heterocycles. The molecule has 0 saturated carbocycles. The van der Waals surface area contributed by atoms with Crippen LogP contribution < -0.4 is 20.1 Å². The Hall–Kier alpha value is -2.54. The Morgan fingerprint density at radius 2 is 2.29 bits per heavy atom. The van der Waals surface area contributed by atoms with Crippen molar-refractivity contribution in [3.63, 3.8) is 0 Å². The van der Waals surface area contributed by atoms with Crippen molar-refractivity contribution >= 4 is 5.91 Å². The van der Waals surface area contributed by atoms with E-state index >= 15 is 0 Å². The summed E-state index contributed by atoms with van der Waals surface area (Å²) >= 11 is 0. The number of carbonyl (C=O) groups is 1. The number of ether oxygens (including phenoxy) is 2. The number of amides is 1. The first-order valence-corrected chi connectivity index (χ1v) is 9.99. The Kier molecular flexibility index (Phi) is 5.26. The molecule has 1 amide bonds. The van der Waals surface area contributed by atoms with Gasteiger partial charge in [-0.05, 0) is 32.4 Å². The predicted molar refractivity (Wildman–Crippen MR) is 105 cm³/mol. The molecule has 1 saturated heterocycles. The maximum absolute atomic E-state index is 12.0. The van der Waals surface area contributed by atoms with Gasteiger partial charge in [-0.25, -0.2) is 0 Å². The van der Waals surface area contributed by atoms with Crippen LogP contribution in [0.1, 0.15) is 49.4 Å². The lowest BCUT2D eigenvalue weighted by Crippen LogP contribution is -2.48. The third kappa shape index (κ3) is 3.71. The second kappa shape index (κ2) is 7.83. The Labute approximate surface area is 165 Å². The Bertz CT molecular complexity index is 863. The van der Waals surface area contributed by atoms with Gasteiger partial charge in [0, 0.05) is 54.9 Å². The van der Waals surface area contributed by atoms with E-state index in [2.05, 4.69) is 35.6 Å². The van der Waals surface area contributed by atoms with Gasteiger partial charge in [0.25, 0.3) is 0 Å². The van der Waals surface area contributed by atoms with E-state index < -0.39 is 0 Å². The van der Waals surface area contributed by atoms with Crippen molar-refractivity contribution in [2.75, 3.05) is 7.11 Å². The van der Waals surface area contributed by atoms with E-state index in [1.807, 2.05) is 23.1 Å². The van der Waals surface area contributed by atoms with Crippen molar-refractivity contribution in [2.24, 2.45) is 0 Å². The van der Waals surface area contributed by atoms with Gasteiger partial charge in [0.15, 0.2) is 0 Å². The lowest BCUT2D eigenvalue weighted by molar-refractivity contribution is -0.123. The van der Waals surface area contributed by atoms with Crippen LogP contribution in [0, 0.1) is 0 Å². The lowest BCUT2D eigenvalue weighted by Gasteiger charge is -2.32. The summed E-state index contributed by atoms with van der Waals surface area (Å²) in [6.07, 6.45) is 6.26. The van der Waals surface area contributed by atoms with Crippen LogP contribution in [0.5, 0.6) is 11.5 Å². The number of hydrogen-bond donors (Lipinski definition) is 2. The molecule has 4 rings (SSSR count). The summed E-state index contributed by atoms with van der Waals surface area (Å²) in [5.41, 5.74) is 3.33. The fourth-order valence-electron chi connectivity index (χ4n) is 4.12. The number of benzene rings is 1. The van der Waals surface area contributed by atoms with Crippen LogP contribution >= 0.6 is 0 Å². The van der Waals surface area contributed by atoms with Crippen molar-refractivity contribution in [3.05, 3.63) is 41.2 Å². The third-order valence-electron chi connectivity index (χ3n) is 5.57. The zero-order chi connectivity index (χ0) is 19.7. The zero-order valence-corrected chi connectivity index (χ0v) is 16.7. The molecule has 2 aliphatic rings. The summed E-state index contributed by atoms with van der Waals surface area (Å²) in [5, 5.41) is 11.1. The normalized spacial score (nSPS) is 23.8. The molecular formula is C21H28N4O3. The number of fused-ring (bicyclic) bond motifs is 1. The molecule has 2 N–H and O–H groups in total. The average Bonchev–Trinajstić information content (AvgIpc) is 3.32. The quantitative estimate of drug-likeness (QED) is 0.799. The van der Waals surface area contributed by atoms with Crippen LogP contribution in [0.4, 0.5) is 0 Å². The van der Waals surface area contributed by atoms with E-state index in [9.17, 15) is 4.79 Å². The van der Waals surface area contributed by atoms with Crippen LogP contribution in [0.25, 0.3) is 0 Å². The highest BCUT2D eigenvalue weighted by molar-refractivity contribution is 5.77. The SMILES string of the molecule is CCn1cc([C@@H]2NC(=O)CC[C@H]2NCc2cc(OC)cc3c2O[C@@H](C)C3)cn1. The van der Waals surface area contributed by atoms with Gasteiger partial charge < -0.3 is 20.1 Å².